The molecule has 0 spiro atoms. The summed E-state index contributed by atoms with van der Waals surface area (Å²) in [6.07, 6.45) is -0.208. The fraction of sp³-hybridized carbons (Fsp3) is 0.333. The molecule has 6 heteroatoms. The maximum absolute atomic E-state index is 11.7. The van der Waals surface area contributed by atoms with E-state index in [0.717, 1.165) is 0 Å². The quantitative estimate of drug-likeness (QED) is 0.643. The molecule has 0 radical (unpaired) electrons. The number of anilines is 1. The molecule has 18 heavy (non-hydrogen) atoms. The molecule has 1 aromatic rings. The van der Waals surface area contributed by atoms with Crippen LogP contribution in [0.15, 0.2) is 18.2 Å². The molecule has 1 rings (SSSR count). The van der Waals surface area contributed by atoms with Crippen LogP contribution >= 0.6 is 11.6 Å². The van der Waals surface area contributed by atoms with E-state index in [0.29, 0.717) is 16.3 Å². The van der Waals surface area contributed by atoms with Crippen LogP contribution < -0.4 is 11.1 Å². The van der Waals surface area contributed by atoms with Crippen LogP contribution in [-0.2, 0) is 9.53 Å². The van der Waals surface area contributed by atoms with Crippen molar-refractivity contribution < 1.29 is 14.3 Å². The summed E-state index contributed by atoms with van der Waals surface area (Å²) in [6, 6.07) is 4.51. The molecule has 0 fully saturated rings. The minimum absolute atomic E-state index is 0.182. The van der Waals surface area contributed by atoms with Gasteiger partial charge in [0.25, 0.3) is 5.91 Å². The van der Waals surface area contributed by atoms with Gasteiger partial charge in [0, 0.05) is 5.56 Å². The second-order valence-corrected chi connectivity index (χ2v) is 4.36. The Morgan fingerprint density at radius 3 is 2.67 bits per heavy atom. The minimum atomic E-state index is -0.486. The predicted octanol–water partition coefficient (Wildman–Crippen LogP) is 1.60. The molecule has 5 nitrogen and oxygen atoms in total. The van der Waals surface area contributed by atoms with Crippen molar-refractivity contribution in [2.75, 3.05) is 12.3 Å². The van der Waals surface area contributed by atoms with Crippen LogP contribution in [0.1, 0.15) is 24.2 Å². The van der Waals surface area contributed by atoms with Gasteiger partial charge in [0.15, 0.2) is 0 Å². The highest BCUT2D eigenvalue weighted by Crippen LogP contribution is 2.19. The van der Waals surface area contributed by atoms with Crippen molar-refractivity contribution in [2.45, 2.75) is 20.0 Å². The van der Waals surface area contributed by atoms with Crippen LogP contribution in [0, 0.1) is 0 Å². The molecular weight excluding hydrogens is 256 g/mol. The van der Waals surface area contributed by atoms with E-state index >= 15 is 0 Å². The summed E-state index contributed by atoms with van der Waals surface area (Å²) in [5.74, 6) is -0.891. The van der Waals surface area contributed by atoms with Gasteiger partial charge in [-0.15, -0.1) is 0 Å². The Bertz CT molecular complexity index is 461. The summed E-state index contributed by atoms with van der Waals surface area (Å²) in [6.45, 7) is 3.29. The van der Waals surface area contributed by atoms with Gasteiger partial charge in [-0.2, -0.15) is 0 Å². The summed E-state index contributed by atoms with van der Waals surface area (Å²) in [5.41, 5.74) is 6.26. The summed E-state index contributed by atoms with van der Waals surface area (Å²) >= 11 is 5.79. The molecule has 3 N–H and O–H groups in total. The number of hydrogen-bond acceptors (Lipinski definition) is 4. The lowest BCUT2D eigenvalue weighted by Crippen LogP contribution is -2.31. The highest BCUT2D eigenvalue weighted by Gasteiger charge is 2.10. The lowest BCUT2D eigenvalue weighted by Gasteiger charge is -2.09. The molecule has 0 aromatic heterocycles. The van der Waals surface area contributed by atoms with Gasteiger partial charge in [0.2, 0.25) is 0 Å². The lowest BCUT2D eigenvalue weighted by molar-refractivity contribution is -0.146. The van der Waals surface area contributed by atoms with Crippen molar-refractivity contribution in [3.63, 3.8) is 0 Å². The van der Waals surface area contributed by atoms with E-state index in [1.165, 1.54) is 18.2 Å². The number of nitrogens with two attached hydrogens (primary N) is 1. The lowest BCUT2D eigenvalue weighted by atomic mass is 10.2. The first-order valence-corrected chi connectivity index (χ1v) is 5.80. The third-order valence-corrected chi connectivity index (χ3v) is 2.35. The average molecular weight is 271 g/mol. The number of carbonyl (C=O) groups excluding carboxylic acids is 2. The number of rotatable bonds is 4. The van der Waals surface area contributed by atoms with Gasteiger partial charge in [-0.25, -0.2) is 0 Å². The largest absolute Gasteiger partial charge is 0.462 e. The van der Waals surface area contributed by atoms with Gasteiger partial charge in [-0.1, -0.05) is 11.6 Å². The number of nitrogen functional groups attached to an aromatic ring is 1. The Balaban J connectivity index is 2.55. The molecule has 0 aliphatic rings. The Hall–Kier alpha value is -1.75. The monoisotopic (exact) mass is 270 g/mol. The molecule has 0 aliphatic carbocycles. The van der Waals surface area contributed by atoms with E-state index in [-0.39, 0.29) is 12.6 Å². The average Bonchev–Trinajstić information content (AvgIpc) is 2.28. The van der Waals surface area contributed by atoms with E-state index < -0.39 is 11.9 Å². The SMILES string of the molecule is CC(C)OC(=O)CNC(=O)c1ccc(N)c(Cl)c1. The van der Waals surface area contributed by atoms with Crippen LogP contribution in [-0.4, -0.2) is 24.5 Å². The highest BCUT2D eigenvalue weighted by atomic mass is 35.5. The molecule has 0 atom stereocenters. The Morgan fingerprint density at radius 1 is 1.44 bits per heavy atom. The summed E-state index contributed by atoms with van der Waals surface area (Å²) in [7, 11) is 0. The third kappa shape index (κ3) is 4.25. The smallest absolute Gasteiger partial charge is 0.325 e. The Morgan fingerprint density at radius 2 is 2.11 bits per heavy atom. The second-order valence-electron chi connectivity index (χ2n) is 3.96. The number of amides is 1. The first-order chi connectivity index (χ1) is 8.40. The van der Waals surface area contributed by atoms with Gasteiger partial charge in [-0.3, -0.25) is 9.59 Å². The molecule has 98 valence electrons. The summed E-state index contributed by atoms with van der Waals surface area (Å²) in [4.78, 5) is 22.9. The first-order valence-electron chi connectivity index (χ1n) is 5.43. The van der Waals surface area contributed by atoms with Crippen LogP contribution in [0.3, 0.4) is 0 Å². The van der Waals surface area contributed by atoms with Gasteiger partial charge in [-0.05, 0) is 32.0 Å². The third-order valence-electron chi connectivity index (χ3n) is 2.02. The molecule has 0 saturated carbocycles. The number of carbonyl (C=O) groups is 2. The zero-order valence-electron chi connectivity index (χ0n) is 10.2. The number of esters is 1. The molecule has 0 heterocycles. The maximum Gasteiger partial charge on any atom is 0.325 e. The molecule has 1 aromatic carbocycles. The zero-order chi connectivity index (χ0) is 13.7. The molecule has 0 bridgehead atoms. The number of benzene rings is 1. The summed E-state index contributed by atoms with van der Waals surface area (Å²) in [5, 5.41) is 2.74. The number of nitrogens with one attached hydrogen (secondary N) is 1. The minimum Gasteiger partial charge on any atom is -0.462 e. The predicted molar refractivity (Wildman–Crippen MR) is 69.4 cm³/mol. The molecule has 0 saturated heterocycles. The second kappa shape index (κ2) is 6.26. The van der Waals surface area contributed by atoms with Crippen molar-refractivity contribution in [3.8, 4) is 0 Å². The van der Waals surface area contributed by atoms with Crippen molar-refractivity contribution in [3.05, 3.63) is 28.8 Å². The fourth-order valence-corrected chi connectivity index (χ4v) is 1.41. The van der Waals surface area contributed by atoms with Gasteiger partial charge >= 0.3 is 5.97 Å². The summed E-state index contributed by atoms with van der Waals surface area (Å²) < 4.78 is 4.88. The van der Waals surface area contributed by atoms with E-state index in [1.54, 1.807) is 13.8 Å². The van der Waals surface area contributed by atoms with E-state index in [1.807, 2.05) is 0 Å². The standard InChI is InChI=1S/C12H15ClN2O3/c1-7(2)18-11(16)6-15-12(17)8-3-4-10(14)9(13)5-8/h3-5,7H,6,14H2,1-2H3,(H,15,17). The Kier molecular flexibility index (Phi) is 4.97. The van der Waals surface area contributed by atoms with Crippen molar-refractivity contribution in [2.24, 2.45) is 0 Å². The van der Waals surface area contributed by atoms with Gasteiger partial charge in [0.05, 0.1) is 16.8 Å². The van der Waals surface area contributed by atoms with E-state index in [2.05, 4.69) is 5.32 Å². The molecule has 0 unspecified atom stereocenters. The number of hydrogen-bond donors (Lipinski definition) is 2. The zero-order valence-corrected chi connectivity index (χ0v) is 11.0. The van der Waals surface area contributed by atoms with Crippen LogP contribution in [0.25, 0.3) is 0 Å². The molecule has 1 amide bonds. The van der Waals surface area contributed by atoms with Crippen molar-refractivity contribution in [1.29, 1.82) is 0 Å². The van der Waals surface area contributed by atoms with Crippen molar-refractivity contribution >= 4 is 29.2 Å². The number of halogens is 1. The first kappa shape index (κ1) is 14.3. The normalized spacial score (nSPS) is 10.2. The maximum atomic E-state index is 11.7. The van der Waals surface area contributed by atoms with Crippen molar-refractivity contribution in [1.82, 2.24) is 5.32 Å². The van der Waals surface area contributed by atoms with Gasteiger partial charge < -0.3 is 15.8 Å². The van der Waals surface area contributed by atoms with Crippen LogP contribution in [0.5, 0.6) is 0 Å². The van der Waals surface area contributed by atoms with Gasteiger partial charge in [0.1, 0.15) is 6.54 Å². The molecular formula is C12H15ClN2O3. The Labute approximate surface area is 110 Å². The fourth-order valence-electron chi connectivity index (χ4n) is 1.23. The molecule has 0 aliphatic heterocycles. The van der Waals surface area contributed by atoms with E-state index in [9.17, 15) is 9.59 Å². The van der Waals surface area contributed by atoms with Crippen LogP contribution in [0.4, 0.5) is 5.69 Å². The van der Waals surface area contributed by atoms with Crippen LogP contribution in [0.2, 0.25) is 5.02 Å². The number of ether oxygens (including phenoxy) is 1. The van der Waals surface area contributed by atoms with E-state index in [4.69, 9.17) is 22.1 Å². The topological polar surface area (TPSA) is 81.4 Å². The highest BCUT2D eigenvalue weighted by molar-refractivity contribution is 6.33.